The lowest BCUT2D eigenvalue weighted by Gasteiger charge is -2.30. The fourth-order valence-corrected chi connectivity index (χ4v) is 4.72. The maximum absolute atomic E-state index is 12.3. The largest absolute Gasteiger partial charge is 0.334 e. The number of piperazine rings is 1. The van der Waals surface area contributed by atoms with Gasteiger partial charge in [-0.2, -0.15) is 4.98 Å². The molecule has 1 unspecified atom stereocenters. The van der Waals surface area contributed by atoms with Crippen molar-refractivity contribution in [1.82, 2.24) is 25.1 Å². The summed E-state index contributed by atoms with van der Waals surface area (Å²) >= 11 is 0. The molecule has 0 saturated carbocycles. The first-order chi connectivity index (χ1) is 12.6. The summed E-state index contributed by atoms with van der Waals surface area (Å²) in [6.07, 6.45) is 0. The summed E-state index contributed by atoms with van der Waals surface area (Å²) in [7, 11) is -1.41. The lowest BCUT2D eigenvalue weighted by molar-refractivity contribution is 0.190. The number of nitrogens with zero attached hydrogens (tertiary/aromatic N) is 3. The van der Waals surface area contributed by atoms with Crippen LogP contribution in [0.4, 0.5) is 0 Å². The molecule has 2 aromatic rings. The zero-order valence-electron chi connectivity index (χ0n) is 16.6. The maximum Gasteiger partial charge on any atom is 0.257 e. The van der Waals surface area contributed by atoms with Crippen molar-refractivity contribution < 1.29 is 12.9 Å². The molecule has 0 aliphatic carbocycles. The van der Waals surface area contributed by atoms with Crippen LogP contribution in [-0.4, -0.2) is 55.7 Å². The number of hydrogen-bond donors (Lipinski definition) is 2. The van der Waals surface area contributed by atoms with E-state index >= 15 is 0 Å². The Morgan fingerprint density at radius 2 is 2.11 bits per heavy atom. The molecule has 8 nitrogen and oxygen atoms in total. The fraction of sp³-hybridized carbons (Fsp3) is 0.556. The van der Waals surface area contributed by atoms with E-state index in [-0.39, 0.29) is 24.2 Å². The van der Waals surface area contributed by atoms with E-state index in [0.717, 1.165) is 19.6 Å². The van der Waals surface area contributed by atoms with Gasteiger partial charge < -0.3 is 9.84 Å². The summed E-state index contributed by atoms with van der Waals surface area (Å²) in [6, 6.07) is 7.27. The number of nitrogens with one attached hydrogen (secondary N) is 2. The van der Waals surface area contributed by atoms with Gasteiger partial charge in [-0.25, -0.2) is 13.1 Å². The highest BCUT2D eigenvalue weighted by Crippen LogP contribution is 2.24. The molecular formula is C18H28ClN5O3S. The normalized spacial score (nSPS) is 18.6. The smallest absolute Gasteiger partial charge is 0.257 e. The standard InChI is InChI=1S/C18H27N5O3S.ClH/c1-18(2,3)22-27(24,25)12-13-6-5-7-14(10-13)17-20-16(21-26-17)15-11-19-8-9-23(15)4;/h5-7,10,15,19,22H,8-9,11-12H2,1-4H3;1H. The molecule has 3 rings (SSSR count). The zero-order valence-corrected chi connectivity index (χ0v) is 18.2. The summed E-state index contributed by atoms with van der Waals surface area (Å²) in [4.78, 5) is 6.71. The highest BCUT2D eigenvalue weighted by molar-refractivity contribution is 7.88. The van der Waals surface area contributed by atoms with Crippen molar-refractivity contribution in [3.8, 4) is 11.5 Å². The minimum atomic E-state index is -3.44. The summed E-state index contributed by atoms with van der Waals surface area (Å²) in [5.74, 6) is 0.924. The molecule has 0 bridgehead atoms. The summed E-state index contributed by atoms with van der Waals surface area (Å²) in [5, 5.41) is 7.45. The van der Waals surface area contributed by atoms with Gasteiger partial charge in [0.25, 0.3) is 5.89 Å². The van der Waals surface area contributed by atoms with E-state index in [1.165, 1.54) is 0 Å². The van der Waals surface area contributed by atoms with Gasteiger partial charge in [-0.1, -0.05) is 17.3 Å². The molecule has 1 fully saturated rings. The Balaban J connectivity index is 0.00000280. The quantitative estimate of drug-likeness (QED) is 0.749. The molecule has 1 aromatic heterocycles. The SMILES string of the molecule is CN1CCNCC1c1noc(-c2cccc(CS(=O)(=O)NC(C)(C)C)c2)n1.Cl. The van der Waals surface area contributed by atoms with Crippen molar-refractivity contribution in [3.05, 3.63) is 35.7 Å². The van der Waals surface area contributed by atoms with Crippen molar-refractivity contribution in [3.63, 3.8) is 0 Å². The van der Waals surface area contributed by atoms with E-state index < -0.39 is 15.6 Å². The van der Waals surface area contributed by atoms with Crippen molar-refractivity contribution in [2.24, 2.45) is 0 Å². The van der Waals surface area contributed by atoms with Gasteiger partial charge in [0.15, 0.2) is 5.82 Å². The lowest BCUT2D eigenvalue weighted by Crippen LogP contribution is -2.44. The predicted molar refractivity (Wildman–Crippen MR) is 111 cm³/mol. The van der Waals surface area contributed by atoms with Crippen LogP contribution in [0.15, 0.2) is 28.8 Å². The minimum Gasteiger partial charge on any atom is -0.334 e. The minimum absolute atomic E-state index is 0. The molecule has 1 aliphatic rings. The highest BCUT2D eigenvalue weighted by Gasteiger charge is 2.26. The molecule has 0 spiro atoms. The summed E-state index contributed by atoms with van der Waals surface area (Å²) < 4.78 is 32.8. The van der Waals surface area contributed by atoms with Gasteiger partial charge in [0, 0.05) is 30.7 Å². The van der Waals surface area contributed by atoms with E-state index in [0.29, 0.717) is 22.8 Å². The number of hydrogen-bond acceptors (Lipinski definition) is 7. The van der Waals surface area contributed by atoms with Gasteiger partial charge in [0.05, 0.1) is 11.8 Å². The van der Waals surface area contributed by atoms with E-state index in [1.807, 2.05) is 33.9 Å². The van der Waals surface area contributed by atoms with Crippen LogP contribution in [0.3, 0.4) is 0 Å². The Morgan fingerprint density at radius 1 is 1.36 bits per heavy atom. The Labute approximate surface area is 172 Å². The Hall–Kier alpha value is -1.52. The van der Waals surface area contributed by atoms with E-state index in [1.54, 1.807) is 18.2 Å². The predicted octanol–water partition coefficient (Wildman–Crippen LogP) is 1.95. The molecule has 156 valence electrons. The first kappa shape index (κ1) is 22.8. The highest BCUT2D eigenvalue weighted by atomic mass is 35.5. The van der Waals surface area contributed by atoms with Crippen LogP contribution < -0.4 is 10.0 Å². The molecular weight excluding hydrogens is 402 g/mol. The molecule has 0 amide bonds. The van der Waals surface area contributed by atoms with Gasteiger partial charge in [-0.3, -0.25) is 4.90 Å². The van der Waals surface area contributed by atoms with Crippen molar-refractivity contribution >= 4 is 22.4 Å². The van der Waals surface area contributed by atoms with Crippen molar-refractivity contribution in [2.45, 2.75) is 38.1 Å². The molecule has 1 atom stereocenters. The number of aromatic nitrogens is 2. The molecule has 0 radical (unpaired) electrons. The van der Waals surface area contributed by atoms with E-state index in [4.69, 9.17) is 4.52 Å². The second-order valence-electron chi connectivity index (χ2n) is 7.97. The summed E-state index contributed by atoms with van der Waals surface area (Å²) in [6.45, 7) is 8.08. The molecule has 28 heavy (non-hydrogen) atoms. The average Bonchev–Trinajstić information content (AvgIpc) is 3.02. The molecule has 1 aromatic carbocycles. The maximum atomic E-state index is 12.3. The van der Waals surface area contributed by atoms with Crippen molar-refractivity contribution in [2.75, 3.05) is 26.7 Å². The van der Waals surface area contributed by atoms with Crippen LogP contribution in [0, 0.1) is 0 Å². The van der Waals surface area contributed by atoms with Gasteiger partial charge in [-0.15, -0.1) is 12.4 Å². The van der Waals surface area contributed by atoms with Crippen LogP contribution >= 0.6 is 12.4 Å². The third-order valence-corrected chi connectivity index (χ3v) is 5.88. The fourth-order valence-electron chi connectivity index (χ4n) is 3.10. The van der Waals surface area contributed by atoms with Crippen LogP contribution in [0.2, 0.25) is 0 Å². The van der Waals surface area contributed by atoms with Crippen molar-refractivity contribution in [1.29, 1.82) is 0 Å². The van der Waals surface area contributed by atoms with Crippen LogP contribution in [0.1, 0.15) is 38.2 Å². The van der Waals surface area contributed by atoms with E-state index in [2.05, 4.69) is 25.1 Å². The number of benzene rings is 1. The lowest BCUT2D eigenvalue weighted by atomic mass is 10.1. The van der Waals surface area contributed by atoms with Gasteiger partial charge in [0.1, 0.15) is 0 Å². The van der Waals surface area contributed by atoms with Crippen LogP contribution in [-0.2, 0) is 15.8 Å². The number of rotatable bonds is 5. The Morgan fingerprint density at radius 3 is 2.79 bits per heavy atom. The van der Waals surface area contributed by atoms with Crippen LogP contribution in [0.25, 0.3) is 11.5 Å². The average molecular weight is 430 g/mol. The first-order valence-corrected chi connectivity index (χ1v) is 10.6. The third kappa shape index (κ3) is 5.99. The molecule has 1 aliphatic heterocycles. The van der Waals surface area contributed by atoms with E-state index in [9.17, 15) is 8.42 Å². The molecule has 10 heteroatoms. The number of sulfonamides is 1. The second kappa shape index (κ2) is 8.87. The van der Waals surface area contributed by atoms with Gasteiger partial charge in [0.2, 0.25) is 10.0 Å². The van der Waals surface area contributed by atoms with Gasteiger partial charge >= 0.3 is 0 Å². The Bertz CT molecular complexity index is 895. The molecule has 2 heterocycles. The monoisotopic (exact) mass is 429 g/mol. The topological polar surface area (TPSA) is 100 Å². The van der Waals surface area contributed by atoms with Crippen LogP contribution in [0.5, 0.6) is 0 Å². The zero-order chi connectivity index (χ0) is 19.7. The first-order valence-electron chi connectivity index (χ1n) is 8.98. The van der Waals surface area contributed by atoms with Gasteiger partial charge in [-0.05, 0) is 45.5 Å². The summed E-state index contributed by atoms with van der Waals surface area (Å²) in [5.41, 5.74) is 0.863. The molecule has 1 saturated heterocycles. The second-order valence-corrected chi connectivity index (χ2v) is 9.69. The number of halogens is 1. The third-order valence-electron chi connectivity index (χ3n) is 4.24. The number of likely N-dealkylation sites (N-methyl/N-ethyl adjacent to an activating group) is 1. The Kier molecular flexibility index (Phi) is 7.22. The molecule has 2 N–H and O–H groups in total.